The molecule has 2 aromatic rings. The summed E-state index contributed by atoms with van der Waals surface area (Å²) in [5.74, 6) is 1.18. The minimum absolute atomic E-state index is 0.0605. The molecule has 1 heterocycles. The van der Waals surface area contributed by atoms with Crippen molar-refractivity contribution in [1.82, 2.24) is 15.4 Å². The smallest absolute Gasteiger partial charge is 0.256 e. The highest BCUT2D eigenvalue weighted by atomic mass is 16.5. The number of rotatable bonds is 6. The molecule has 1 amide bonds. The molecule has 1 atom stereocenters. The molecule has 0 saturated heterocycles. The maximum absolute atomic E-state index is 12.4. The Morgan fingerprint density at radius 2 is 1.96 bits per heavy atom. The van der Waals surface area contributed by atoms with Crippen molar-refractivity contribution >= 4 is 5.91 Å². The Morgan fingerprint density at radius 1 is 1.30 bits per heavy atom. The lowest BCUT2D eigenvalue weighted by Gasteiger charge is -2.25. The number of hydrogen-bond acceptors (Lipinski definition) is 5. The molecule has 0 fully saturated rings. The van der Waals surface area contributed by atoms with Gasteiger partial charge in [0, 0.05) is 6.54 Å². The van der Waals surface area contributed by atoms with Gasteiger partial charge in [-0.25, -0.2) is 0 Å². The van der Waals surface area contributed by atoms with E-state index in [1.165, 1.54) is 0 Å². The van der Waals surface area contributed by atoms with Crippen molar-refractivity contribution in [3.8, 4) is 5.75 Å². The average Bonchev–Trinajstić information content (AvgIpc) is 2.86. The molecular weight excluding hydrogens is 294 g/mol. The quantitative estimate of drug-likeness (QED) is 0.885. The minimum Gasteiger partial charge on any atom is -0.497 e. The third kappa shape index (κ3) is 3.90. The van der Waals surface area contributed by atoms with Crippen molar-refractivity contribution in [2.45, 2.75) is 19.9 Å². The maximum atomic E-state index is 12.4. The number of hydrogen-bond donors (Lipinski definition) is 1. The molecule has 1 N–H and O–H groups in total. The number of methoxy groups -OCH3 is 1. The average molecular weight is 317 g/mol. The zero-order valence-electron chi connectivity index (χ0n) is 14.2. The van der Waals surface area contributed by atoms with Gasteiger partial charge in [0.05, 0.1) is 18.8 Å². The Balaban J connectivity index is 2.09. The topological polar surface area (TPSA) is 67.6 Å². The van der Waals surface area contributed by atoms with Gasteiger partial charge in [-0.05, 0) is 45.6 Å². The van der Waals surface area contributed by atoms with E-state index in [9.17, 15) is 4.79 Å². The van der Waals surface area contributed by atoms with Crippen molar-refractivity contribution in [2.75, 3.05) is 27.7 Å². The maximum Gasteiger partial charge on any atom is 0.256 e. The van der Waals surface area contributed by atoms with Crippen LogP contribution in [0.2, 0.25) is 0 Å². The summed E-state index contributed by atoms with van der Waals surface area (Å²) in [4.78, 5) is 14.4. The fourth-order valence-corrected chi connectivity index (χ4v) is 2.51. The van der Waals surface area contributed by atoms with Crippen molar-refractivity contribution < 1.29 is 14.1 Å². The predicted octanol–water partition coefficient (Wildman–Crippen LogP) is 2.33. The first kappa shape index (κ1) is 17.0. The number of nitrogens with one attached hydrogen (secondary N) is 1. The van der Waals surface area contributed by atoms with Gasteiger partial charge in [0.1, 0.15) is 17.1 Å². The van der Waals surface area contributed by atoms with Gasteiger partial charge < -0.3 is 19.5 Å². The van der Waals surface area contributed by atoms with Gasteiger partial charge in [-0.15, -0.1) is 0 Å². The summed E-state index contributed by atoms with van der Waals surface area (Å²) in [5.41, 5.74) is 2.22. The van der Waals surface area contributed by atoms with Crippen LogP contribution in [0, 0.1) is 13.8 Å². The molecule has 0 bridgehead atoms. The zero-order chi connectivity index (χ0) is 17.0. The Hall–Kier alpha value is -2.34. The molecule has 0 aliphatic rings. The number of ether oxygens (including phenoxy) is 1. The molecule has 6 nitrogen and oxygen atoms in total. The molecule has 1 aromatic carbocycles. The fourth-order valence-electron chi connectivity index (χ4n) is 2.51. The van der Waals surface area contributed by atoms with E-state index in [0.717, 1.165) is 11.3 Å². The molecule has 2 rings (SSSR count). The molecule has 0 unspecified atom stereocenters. The van der Waals surface area contributed by atoms with Gasteiger partial charge in [-0.1, -0.05) is 17.3 Å². The Kier molecular flexibility index (Phi) is 5.39. The molecule has 124 valence electrons. The second kappa shape index (κ2) is 7.28. The van der Waals surface area contributed by atoms with E-state index < -0.39 is 0 Å². The lowest BCUT2D eigenvalue weighted by Crippen LogP contribution is -2.34. The summed E-state index contributed by atoms with van der Waals surface area (Å²) in [6, 6.07) is 7.91. The first-order chi connectivity index (χ1) is 10.9. The van der Waals surface area contributed by atoms with Crippen LogP contribution in [-0.4, -0.2) is 43.7 Å². The zero-order valence-corrected chi connectivity index (χ0v) is 14.2. The van der Waals surface area contributed by atoms with E-state index >= 15 is 0 Å². The molecule has 0 radical (unpaired) electrons. The van der Waals surface area contributed by atoms with E-state index in [0.29, 0.717) is 23.6 Å². The Morgan fingerprint density at radius 3 is 2.43 bits per heavy atom. The van der Waals surface area contributed by atoms with E-state index in [-0.39, 0.29) is 11.9 Å². The molecule has 0 spiro atoms. The molecule has 23 heavy (non-hydrogen) atoms. The van der Waals surface area contributed by atoms with Crippen LogP contribution in [-0.2, 0) is 0 Å². The van der Waals surface area contributed by atoms with Gasteiger partial charge in [-0.2, -0.15) is 0 Å². The lowest BCUT2D eigenvalue weighted by atomic mass is 10.1. The standard InChI is InChI=1S/C17H23N3O3/c1-11-16(12(2)23-19-11)17(21)18-10-15(20(3)4)13-6-8-14(22-5)9-7-13/h6-9,15H,10H2,1-5H3,(H,18,21)/t15-/m1/s1. The SMILES string of the molecule is COc1ccc([C@@H](CNC(=O)c2c(C)noc2C)N(C)C)cc1. The third-order valence-corrected chi connectivity index (χ3v) is 3.84. The first-order valence-electron chi connectivity index (χ1n) is 7.45. The van der Waals surface area contributed by atoms with E-state index in [1.54, 1.807) is 21.0 Å². The number of benzene rings is 1. The van der Waals surface area contributed by atoms with E-state index in [1.807, 2.05) is 38.4 Å². The van der Waals surface area contributed by atoms with Gasteiger partial charge in [0.2, 0.25) is 0 Å². The fraction of sp³-hybridized carbons (Fsp3) is 0.412. The van der Waals surface area contributed by atoms with Gasteiger partial charge >= 0.3 is 0 Å². The third-order valence-electron chi connectivity index (χ3n) is 3.84. The van der Waals surface area contributed by atoms with E-state index in [2.05, 4.69) is 15.4 Å². The molecule has 0 saturated carbocycles. The number of aryl methyl sites for hydroxylation is 2. The van der Waals surface area contributed by atoms with Crippen LogP contribution in [0.4, 0.5) is 0 Å². The number of carbonyl (C=O) groups excluding carboxylic acids is 1. The summed E-state index contributed by atoms with van der Waals surface area (Å²) in [5, 5.41) is 6.78. The van der Waals surface area contributed by atoms with Crippen LogP contribution >= 0.6 is 0 Å². The first-order valence-corrected chi connectivity index (χ1v) is 7.45. The Bertz CT molecular complexity index is 643. The van der Waals surface area contributed by atoms with E-state index in [4.69, 9.17) is 9.26 Å². The second-order valence-electron chi connectivity index (χ2n) is 5.66. The van der Waals surface area contributed by atoms with Crippen LogP contribution in [0.25, 0.3) is 0 Å². The number of nitrogens with zero attached hydrogens (tertiary/aromatic N) is 2. The van der Waals surface area contributed by atoms with Crippen molar-refractivity contribution in [1.29, 1.82) is 0 Å². The summed E-state index contributed by atoms with van der Waals surface area (Å²) in [7, 11) is 5.61. The van der Waals surface area contributed by atoms with Crippen LogP contribution in [0.3, 0.4) is 0 Å². The van der Waals surface area contributed by atoms with Crippen LogP contribution in [0.5, 0.6) is 5.75 Å². The second-order valence-corrected chi connectivity index (χ2v) is 5.66. The highest BCUT2D eigenvalue weighted by Gasteiger charge is 2.20. The highest BCUT2D eigenvalue weighted by Crippen LogP contribution is 2.21. The summed E-state index contributed by atoms with van der Waals surface area (Å²) < 4.78 is 10.2. The molecule has 1 aromatic heterocycles. The van der Waals surface area contributed by atoms with Crippen LogP contribution in [0.1, 0.15) is 33.4 Å². The lowest BCUT2D eigenvalue weighted by molar-refractivity contribution is 0.0940. The molecular formula is C17H23N3O3. The van der Waals surface area contributed by atoms with Gasteiger partial charge in [0.25, 0.3) is 5.91 Å². The van der Waals surface area contributed by atoms with Crippen molar-refractivity contribution in [2.24, 2.45) is 0 Å². The normalized spacial score (nSPS) is 12.3. The van der Waals surface area contributed by atoms with Crippen LogP contribution in [0.15, 0.2) is 28.8 Å². The number of carbonyl (C=O) groups is 1. The number of likely N-dealkylation sites (N-methyl/N-ethyl adjacent to an activating group) is 1. The van der Waals surface area contributed by atoms with Crippen molar-refractivity contribution in [3.05, 3.63) is 46.8 Å². The van der Waals surface area contributed by atoms with Crippen molar-refractivity contribution in [3.63, 3.8) is 0 Å². The predicted molar refractivity (Wildman–Crippen MR) is 87.7 cm³/mol. The van der Waals surface area contributed by atoms with Crippen LogP contribution < -0.4 is 10.1 Å². The monoisotopic (exact) mass is 317 g/mol. The minimum atomic E-state index is -0.165. The highest BCUT2D eigenvalue weighted by molar-refractivity contribution is 5.96. The Labute approximate surface area is 136 Å². The largest absolute Gasteiger partial charge is 0.497 e. The number of amides is 1. The summed E-state index contributed by atoms with van der Waals surface area (Å²) in [6.45, 7) is 3.99. The van der Waals surface area contributed by atoms with Gasteiger partial charge in [0.15, 0.2) is 0 Å². The number of aromatic nitrogens is 1. The van der Waals surface area contributed by atoms with Gasteiger partial charge in [-0.3, -0.25) is 4.79 Å². The summed E-state index contributed by atoms with van der Waals surface area (Å²) in [6.07, 6.45) is 0. The summed E-state index contributed by atoms with van der Waals surface area (Å²) >= 11 is 0. The molecule has 0 aliphatic carbocycles. The molecule has 6 heteroatoms. The molecule has 0 aliphatic heterocycles.